The Morgan fingerprint density at radius 1 is 1.25 bits per heavy atom. The van der Waals surface area contributed by atoms with Crippen LogP contribution in [0.2, 0.25) is 0 Å². The summed E-state index contributed by atoms with van der Waals surface area (Å²) >= 11 is 0. The number of nitrogens with zero attached hydrogens (tertiary/aromatic N) is 2. The van der Waals surface area contributed by atoms with Crippen molar-refractivity contribution in [3.8, 4) is 0 Å². The van der Waals surface area contributed by atoms with Gasteiger partial charge in [-0.25, -0.2) is 9.18 Å². The van der Waals surface area contributed by atoms with Gasteiger partial charge in [0.05, 0.1) is 24.4 Å². The second-order valence-corrected chi connectivity index (χ2v) is 6.24. The van der Waals surface area contributed by atoms with E-state index < -0.39 is 17.2 Å². The number of aromatic carboxylic acids is 1. The normalized spacial score (nSPS) is 18.1. The summed E-state index contributed by atoms with van der Waals surface area (Å²) in [5.41, 5.74) is 0.0767. The predicted molar refractivity (Wildman–Crippen MR) is 86.4 cm³/mol. The first-order valence-electron chi connectivity index (χ1n) is 8.00. The minimum Gasteiger partial charge on any atom is -0.477 e. The number of pyridine rings is 1. The highest BCUT2D eigenvalue weighted by Crippen LogP contribution is 2.38. The summed E-state index contributed by atoms with van der Waals surface area (Å²) in [6.07, 6.45) is 3.26. The van der Waals surface area contributed by atoms with Crippen molar-refractivity contribution in [1.82, 2.24) is 4.57 Å². The SMILES string of the molecule is O=C(O)c1cn(C2CC2)c2cc(N3CCOCC3)c(F)cc2c1=O. The van der Waals surface area contributed by atoms with Gasteiger partial charge in [-0.15, -0.1) is 0 Å². The molecule has 0 spiro atoms. The molecule has 4 rings (SSSR count). The quantitative estimate of drug-likeness (QED) is 0.931. The van der Waals surface area contributed by atoms with Crippen LogP contribution in [0.25, 0.3) is 10.9 Å². The maximum atomic E-state index is 14.6. The number of hydrogen-bond acceptors (Lipinski definition) is 4. The molecule has 1 saturated heterocycles. The van der Waals surface area contributed by atoms with E-state index in [9.17, 15) is 19.1 Å². The van der Waals surface area contributed by atoms with Gasteiger partial charge in [-0.1, -0.05) is 0 Å². The molecule has 2 aromatic rings. The van der Waals surface area contributed by atoms with E-state index in [0.717, 1.165) is 12.8 Å². The van der Waals surface area contributed by atoms with E-state index in [0.29, 0.717) is 37.5 Å². The van der Waals surface area contributed by atoms with Crippen LogP contribution < -0.4 is 10.3 Å². The largest absolute Gasteiger partial charge is 0.477 e. The van der Waals surface area contributed by atoms with Gasteiger partial charge in [-0.05, 0) is 25.0 Å². The molecular weight excluding hydrogens is 315 g/mol. The van der Waals surface area contributed by atoms with Crippen LogP contribution in [0.3, 0.4) is 0 Å². The Kier molecular flexibility index (Phi) is 3.53. The molecule has 0 amide bonds. The zero-order valence-electron chi connectivity index (χ0n) is 13.0. The van der Waals surface area contributed by atoms with Crippen LogP contribution in [0.5, 0.6) is 0 Å². The molecule has 2 heterocycles. The average Bonchev–Trinajstić information content (AvgIpc) is 3.40. The number of carbonyl (C=O) groups is 1. The van der Waals surface area contributed by atoms with Crippen molar-refractivity contribution in [1.29, 1.82) is 0 Å². The van der Waals surface area contributed by atoms with Crippen molar-refractivity contribution in [3.05, 3.63) is 39.9 Å². The second-order valence-electron chi connectivity index (χ2n) is 6.24. The molecule has 6 nitrogen and oxygen atoms in total. The Bertz CT molecular complexity index is 882. The van der Waals surface area contributed by atoms with E-state index in [1.54, 1.807) is 6.07 Å². The molecule has 1 aliphatic heterocycles. The number of benzene rings is 1. The topological polar surface area (TPSA) is 71.8 Å². The van der Waals surface area contributed by atoms with Crippen LogP contribution >= 0.6 is 0 Å². The molecule has 0 radical (unpaired) electrons. The lowest BCUT2D eigenvalue weighted by molar-refractivity contribution is 0.0695. The first-order valence-corrected chi connectivity index (χ1v) is 8.00. The van der Waals surface area contributed by atoms with Crippen LogP contribution in [-0.2, 0) is 4.74 Å². The summed E-state index contributed by atoms with van der Waals surface area (Å²) in [5, 5.41) is 9.37. The number of carboxylic acid groups (broad SMARTS) is 1. The van der Waals surface area contributed by atoms with Gasteiger partial charge < -0.3 is 19.3 Å². The van der Waals surface area contributed by atoms with E-state index >= 15 is 0 Å². The number of fused-ring (bicyclic) bond motifs is 1. The standard InChI is InChI=1S/C17H17FN2O4/c18-13-7-11-14(8-15(13)19-3-5-24-6-4-19)20(10-1-2-10)9-12(16(11)21)17(22)23/h7-10H,1-6H2,(H,22,23). The number of morpholine rings is 1. The molecule has 24 heavy (non-hydrogen) atoms. The predicted octanol–water partition coefficient (Wildman–Crippen LogP) is 2.01. The lowest BCUT2D eigenvalue weighted by Gasteiger charge is -2.29. The maximum absolute atomic E-state index is 14.6. The van der Waals surface area contributed by atoms with Gasteiger partial charge in [0, 0.05) is 30.7 Å². The number of ether oxygens (including phenoxy) is 1. The van der Waals surface area contributed by atoms with Gasteiger partial charge in [-0.3, -0.25) is 4.79 Å². The smallest absolute Gasteiger partial charge is 0.341 e. The Labute approximate surface area is 137 Å². The van der Waals surface area contributed by atoms with Gasteiger partial charge in [0.2, 0.25) is 5.43 Å². The summed E-state index contributed by atoms with van der Waals surface area (Å²) < 4.78 is 21.7. The van der Waals surface area contributed by atoms with E-state index in [-0.39, 0.29) is 17.0 Å². The van der Waals surface area contributed by atoms with Crippen molar-refractivity contribution >= 4 is 22.6 Å². The molecule has 1 aromatic heterocycles. The number of rotatable bonds is 3. The van der Waals surface area contributed by atoms with E-state index in [1.165, 1.54) is 12.3 Å². The Hall–Kier alpha value is -2.41. The molecule has 1 aromatic carbocycles. The first kappa shape index (κ1) is 15.1. The second kappa shape index (κ2) is 5.59. The van der Waals surface area contributed by atoms with Crippen molar-refractivity contribution in [2.24, 2.45) is 0 Å². The van der Waals surface area contributed by atoms with Crippen LogP contribution in [0.4, 0.5) is 10.1 Å². The third-order valence-corrected chi connectivity index (χ3v) is 4.62. The van der Waals surface area contributed by atoms with E-state index in [1.807, 2.05) is 9.47 Å². The minimum atomic E-state index is -1.28. The molecule has 7 heteroatoms. The van der Waals surface area contributed by atoms with Gasteiger partial charge in [0.1, 0.15) is 11.4 Å². The average molecular weight is 332 g/mol. The van der Waals surface area contributed by atoms with Gasteiger partial charge >= 0.3 is 5.97 Å². The number of aromatic nitrogens is 1. The van der Waals surface area contributed by atoms with Crippen molar-refractivity contribution < 1.29 is 19.0 Å². The molecule has 126 valence electrons. The zero-order chi connectivity index (χ0) is 16.8. The van der Waals surface area contributed by atoms with Gasteiger partial charge in [0.25, 0.3) is 0 Å². The fourth-order valence-corrected chi connectivity index (χ4v) is 3.21. The summed E-state index contributed by atoms with van der Waals surface area (Å²) in [6, 6.07) is 3.02. The molecule has 1 saturated carbocycles. The van der Waals surface area contributed by atoms with E-state index in [2.05, 4.69) is 0 Å². The molecule has 2 aliphatic rings. The maximum Gasteiger partial charge on any atom is 0.341 e. The van der Waals surface area contributed by atoms with Crippen LogP contribution in [-0.4, -0.2) is 41.9 Å². The highest BCUT2D eigenvalue weighted by atomic mass is 19.1. The van der Waals surface area contributed by atoms with Crippen molar-refractivity contribution in [2.75, 3.05) is 31.2 Å². The number of hydrogen-bond donors (Lipinski definition) is 1. The number of carboxylic acids is 1. The summed E-state index contributed by atoms with van der Waals surface area (Å²) in [6.45, 7) is 2.24. The van der Waals surface area contributed by atoms with Crippen LogP contribution in [0.15, 0.2) is 23.1 Å². The Morgan fingerprint density at radius 2 is 1.96 bits per heavy atom. The Morgan fingerprint density at radius 3 is 2.58 bits per heavy atom. The van der Waals surface area contributed by atoms with Gasteiger partial charge in [0.15, 0.2) is 0 Å². The molecule has 1 aliphatic carbocycles. The molecule has 0 atom stereocenters. The molecule has 1 N–H and O–H groups in total. The fraction of sp³-hybridized carbons (Fsp3) is 0.412. The summed E-state index contributed by atoms with van der Waals surface area (Å²) in [7, 11) is 0. The highest BCUT2D eigenvalue weighted by Gasteiger charge is 2.28. The number of anilines is 1. The molecule has 0 bridgehead atoms. The third kappa shape index (κ3) is 2.45. The third-order valence-electron chi connectivity index (χ3n) is 4.62. The minimum absolute atomic E-state index is 0.122. The highest BCUT2D eigenvalue weighted by molar-refractivity contribution is 5.93. The van der Waals surface area contributed by atoms with Crippen molar-refractivity contribution in [2.45, 2.75) is 18.9 Å². The lowest BCUT2D eigenvalue weighted by Crippen LogP contribution is -2.36. The number of halogens is 1. The summed E-state index contributed by atoms with van der Waals surface area (Å²) in [5.74, 6) is -1.79. The van der Waals surface area contributed by atoms with E-state index in [4.69, 9.17) is 4.74 Å². The van der Waals surface area contributed by atoms with Crippen LogP contribution in [0.1, 0.15) is 29.2 Å². The monoisotopic (exact) mass is 332 g/mol. The van der Waals surface area contributed by atoms with Gasteiger partial charge in [-0.2, -0.15) is 0 Å². The zero-order valence-corrected chi connectivity index (χ0v) is 13.0. The summed E-state index contributed by atoms with van der Waals surface area (Å²) in [4.78, 5) is 25.6. The molecule has 0 unspecified atom stereocenters. The molecular formula is C17H17FN2O4. The fourth-order valence-electron chi connectivity index (χ4n) is 3.21. The molecule has 2 fully saturated rings. The Balaban J connectivity index is 1.95. The lowest BCUT2D eigenvalue weighted by atomic mass is 10.1. The first-order chi connectivity index (χ1) is 11.6. The van der Waals surface area contributed by atoms with Crippen LogP contribution in [0, 0.1) is 5.82 Å². The van der Waals surface area contributed by atoms with Crippen molar-refractivity contribution in [3.63, 3.8) is 0 Å².